The van der Waals surface area contributed by atoms with Gasteiger partial charge in [0.2, 0.25) is 0 Å². The number of nitriles is 1. The van der Waals surface area contributed by atoms with E-state index in [1.54, 1.807) is 23.5 Å². The quantitative estimate of drug-likeness (QED) is 0.612. The van der Waals surface area contributed by atoms with E-state index in [0.717, 1.165) is 26.4 Å². The monoisotopic (exact) mass is 373 g/mol. The molecule has 3 nitrogen and oxygen atoms in total. The Balaban J connectivity index is 2.34. The van der Waals surface area contributed by atoms with E-state index in [1.807, 2.05) is 32.0 Å². The van der Waals surface area contributed by atoms with Crippen LogP contribution in [-0.2, 0) is 0 Å². The second-order valence-corrected chi connectivity index (χ2v) is 7.50. The lowest BCUT2D eigenvalue weighted by Crippen LogP contribution is -2.03. The van der Waals surface area contributed by atoms with Crippen molar-refractivity contribution in [3.8, 4) is 27.8 Å². The Labute approximate surface area is 154 Å². The molecule has 0 spiro atoms. The van der Waals surface area contributed by atoms with E-state index in [9.17, 15) is 5.26 Å². The second kappa shape index (κ2) is 6.45. The summed E-state index contributed by atoms with van der Waals surface area (Å²) >= 11 is 13.9. The van der Waals surface area contributed by atoms with Gasteiger partial charge in [0.1, 0.15) is 17.5 Å². The average molecular weight is 374 g/mol. The van der Waals surface area contributed by atoms with Crippen LogP contribution in [0.15, 0.2) is 30.3 Å². The summed E-state index contributed by atoms with van der Waals surface area (Å²) in [6.45, 7) is 3.95. The summed E-state index contributed by atoms with van der Waals surface area (Å²) in [4.78, 5) is 6.58. The molecule has 2 aromatic heterocycles. The molecule has 0 aliphatic heterocycles. The van der Waals surface area contributed by atoms with Crippen LogP contribution in [0.1, 0.15) is 16.0 Å². The lowest BCUT2D eigenvalue weighted by atomic mass is 9.97. The SMILES string of the molecule is Cc1ccc(-c2c(C)c(-c3ccc(Cl)cc3Cl)nc(N)c2C#N)s1. The number of nitrogen functional groups attached to an aromatic ring is 1. The van der Waals surface area contributed by atoms with Gasteiger partial charge in [-0.05, 0) is 49.7 Å². The third-order valence-electron chi connectivity index (χ3n) is 3.75. The summed E-state index contributed by atoms with van der Waals surface area (Å²) in [6, 6.07) is 11.4. The van der Waals surface area contributed by atoms with Gasteiger partial charge in [-0.3, -0.25) is 0 Å². The van der Waals surface area contributed by atoms with Gasteiger partial charge in [-0.1, -0.05) is 23.2 Å². The van der Waals surface area contributed by atoms with Crippen molar-refractivity contribution in [2.75, 3.05) is 5.73 Å². The topological polar surface area (TPSA) is 62.7 Å². The molecule has 0 saturated heterocycles. The molecule has 2 heterocycles. The molecule has 0 aliphatic carbocycles. The van der Waals surface area contributed by atoms with E-state index in [0.29, 0.717) is 21.3 Å². The Morgan fingerprint density at radius 2 is 1.92 bits per heavy atom. The lowest BCUT2D eigenvalue weighted by molar-refractivity contribution is 1.26. The minimum atomic E-state index is 0.199. The highest BCUT2D eigenvalue weighted by Crippen LogP contribution is 2.40. The van der Waals surface area contributed by atoms with E-state index in [-0.39, 0.29) is 5.82 Å². The van der Waals surface area contributed by atoms with Gasteiger partial charge in [0.05, 0.1) is 10.7 Å². The fourth-order valence-electron chi connectivity index (χ4n) is 2.63. The van der Waals surface area contributed by atoms with Gasteiger partial charge >= 0.3 is 0 Å². The van der Waals surface area contributed by atoms with Gasteiger partial charge in [0, 0.05) is 25.9 Å². The van der Waals surface area contributed by atoms with Crippen LogP contribution in [0.25, 0.3) is 21.7 Å². The van der Waals surface area contributed by atoms with Crippen LogP contribution < -0.4 is 5.73 Å². The molecule has 6 heteroatoms. The number of hydrogen-bond acceptors (Lipinski definition) is 4. The highest BCUT2D eigenvalue weighted by Gasteiger charge is 2.20. The molecule has 0 aliphatic rings. The van der Waals surface area contributed by atoms with Crippen LogP contribution in [-0.4, -0.2) is 4.98 Å². The molecule has 2 N–H and O–H groups in total. The Kier molecular flexibility index (Phi) is 4.51. The lowest BCUT2D eigenvalue weighted by Gasteiger charge is -2.14. The summed E-state index contributed by atoms with van der Waals surface area (Å²) in [7, 11) is 0. The largest absolute Gasteiger partial charge is 0.383 e. The van der Waals surface area contributed by atoms with E-state index in [2.05, 4.69) is 11.1 Å². The first-order valence-corrected chi connectivity index (χ1v) is 8.72. The van der Waals surface area contributed by atoms with Crippen LogP contribution in [0.3, 0.4) is 0 Å². The molecule has 3 rings (SSSR count). The van der Waals surface area contributed by atoms with Crippen molar-refractivity contribution in [3.05, 3.63) is 56.4 Å². The smallest absolute Gasteiger partial charge is 0.142 e. The average Bonchev–Trinajstić information content (AvgIpc) is 2.95. The number of rotatable bonds is 2. The summed E-state index contributed by atoms with van der Waals surface area (Å²) in [6.07, 6.45) is 0. The first-order chi connectivity index (χ1) is 11.4. The van der Waals surface area contributed by atoms with Crippen LogP contribution in [0.5, 0.6) is 0 Å². The summed E-state index contributed by atoms with van der Waals surface area (Å²) in [5.74, 6) is 0.199. The standard InChI is InChI=1S/C18H13Cl2N3S/c1-9-3-6-15(24-9)16-10(2)17(23-18(22)13(16)8-21)12-5-4-11(19)7-14(12)20/h3-7H,1-2H3,(H2,22,23). The molecule has 24 heavy (non-hydrogen) atoms. The number of thiophene rings is 1. The molecule has 0 unspecified atom stereocenters. The second-order valence-electron chi connectivity index (χ2n) is 5.37. The van der Waals surface area contributed by atoms with Crippen molar-refractivity contribution in [3.63, 3.8) is 0 Å². The number of aromatic nitrogens is 1. The van der Waals surface area contributed by atoms with Crippen LogP contribution >= 0.6 is 34.5 Å². The van der Waals surface area contributed by atoms with Gasteiger partial charge in [0.25, 0.3) is 0 Å². The fraction of sp³-hybridized carbons (Fsp3) is 0.111. The van der Waals surface area contributed by atoms with Crippen LogP contribution in [0, 0.1) is 25.2 Å². The van der Waals surface area contributed by atoms with Crippen LogP contribution in [0.4, 0.5) is 5.82 Å². The number of hydrogen-bond donors (Lipinski definition) is 1. The first-order valence-electron chi connectivity index (χ1n) is 7.14. The number of anilines is 1. The van der Waals surface area contributed by atoms with Gasteiger partial charge in [-0.15, -0.1) is 11.3 Å². The van der Waals surface area contributed by atoms with Crippen molar-refractivity contribution in [2.45, 2.75) is 13.8 Å². The Bertz CT molecular complexity index is 987. The molecular formula is C18H13Cl2N3S. The Morgan fingerprint density at radius 3 is 2.50 bits per heavy atom. The van der Waals surface area contributed by atoms with Crippen molar-refractivity contribution >= 4 is 40.4 Å². The third-order valence-corrected chi connectivity index (χ3v) is 5.32. The summed E-state index contributed by atoms with van der Waals surface area (Å²) in [5.41, 5.74) is 9.53. The Hall–Kier alpha value is -2.06. The Morgan fingerprint density at radius 1 is 1.17 bits per heavy atom. The summed E-state index contributed by atoms with van der Waals surface area (Å²) < 4.78 is 0. The zero-order valence-electron chi connectivity index (χ0n) is 13.0. The molecule has 3 aromatic rings. The molecule has 0 fully saturated rings. The normalized spacial score (nSPS) is 10.6. The molecule has 0 bridgehead atoms. The zero-order valence-corrected chi connectivity index (χ0v) is 15.4. The number of benzene rings is 1. The van der Waals surface area contributed by atoms with Gasteiger partial charge in [-0.2, -0.15) is 5.26 Å². The maximum absolute atomic E-state index is 9.54. The number of aryl methyl sites for hydroxylation is 1. The van der Waals surface area contributed by atoms with Crippen LogP contribution in [0.2, 0.25) is 10.0 Å². The third kappa shape index (κ3) is 2.87. The summed E-state index contributed by atoms with van der Waals surface area (Å²) in [5, 5.41) is 10.6. The maximum atomic E-state index is 9.54. The number of halogens is 2. The first kappa shape index (κ1) is 16.8. The van der Waals surface area contributed by atoms with Gasteiger partial charge in [-0.25, -0.2) is 4.98 Å². The predicted molar refractivity (Wildman–Crippen MR) is 102 cm³/mol. The van der Waals surface area contributed by atoms with Crippen molar-refractivity contribution < 1.29 is 0 Å². The van der Waals surface area contributed by atoms with Crippen molar-refractivity contribution in [2.24, 2.45) is 0 Å². The van der Waals surface area contributed by atoms with Crippen molar-refractivity contribution in [1.82, 2.24) is 4.98 Å². The van der Waals surface area contributed by atoms with Gasteiger partial charge in [0.15, 0.2) is 0 Å². The number of pyridine rings is 1. The molecule has 120 valence electrons. The molecule has 0 amide bonds. The fourth-order valence-corrected chi connectivity index (χ4v) is 4.10. The highest BCUT2D eigenvalue weighted by atomic mass is 35.5. The number of nitrogens with zero attached hydrogens (tertiary/aromatic N) is 2. The molecule has 0 radical (unpaired) electrons. The van der Waals surface area contributed by atoms with Gasteiger partial charge < -0.3 is 5.73 Å². The molecule has 0 atom stereocenters. The molecular weight excluding hydrogens is 361 g/mol. The number of nitrogens with two attached hydrogens (primary N) is 1. The van der Waals surface area contributed by atoms with E-state index in [4.69, 9.17) is 28.9 Å². The molecule has 1 aromatic carbocycles. The molecule has 0 saturated carbocycles. The maximum Gasteiger partial charge on any atom is 0.142 e. The minimum Gasteiger partial charge on any atom is -0.383 e. The van der Waals surface area contributed by atoms with E-state index < -0.39 is 0 Å². The van der Waals surface area contributed by atoms with Crippen molar-refractivity contribution in [1.29, 1.82) is 5.26 Å². The van der Waals surface area contributed by atoms with E-state index >= 15 is 0 Å². The zero-order chi connectivity index (χ0) is 17.4. The minimum absolute atomic E-state index is 0.199. The highest BCUT2D eigenvalue weighted by molar-refractivity contribution is 7.15. The van der Waals surface area contributed by atoms with E-state index in [1.165, 1.54) is 0 Å². The predicted octanol–water partition coefficient (Wildman–Crippen LogP) is 5.85.